The Balaban J connectivity index is 1.45. The number of imide groups is 1. The molecule has 3 aliphatic carbocycles. The first-order valence-corrected chi connectivity index (χ1v) is 13.0. The Hall–Kier alpha value is -2.42. The van der Waals surface area contributed by atoms with E-state index < -0.39 is 45.3 Å². The maximum atomic E-state index is 13.9. The number of halogens is 3. The van der Waals surface area contributed by atoms with Crippen molar-refractivity contribution in [1.29, 1.82) is 0 Å². The third-order valence-electron chi connectivity index (χ3n) is 7.50. The molecule has 176 valence electrons. The Kier molecular flexibility index (Phi) is 5.12. The highest BCUT2D eigenvalue weighted by atomic mass is 127. The van der Waals surface area contributed by atoms with Crippen LogP contribution in [-0.4, -0.2) is 28.7 Å². The van der Waals surface area contributed by atoms with Crippen molar-refractivity contribution in [2.24, 2.45) is 11.8 Å². The van der Waals surface area contributed by atoms with Gasteiger partial charge in [-0.15, -0.1) is 23.2 Å². The van der Waals surface area contributed by atoms with Crippen LogP contribution in [0, 0.1) is 15.4 Å². The molecule has 1 saturated heterocycles. The van der Waals surface area contributed by atoms with Crippen molar-refractivity contribution in [2.45, 2.75) is 22.7 Å². The topological polar surface area (TPSA) is 66.5 Å². The average molecular weight is 617 g/mol. The number of hydrogen-bond donors (Lipinski definition) is 1. The van der Waals surface area contributed by atoms with Gasteiger partial charge >= 0.3 is 0 Å². The highest BCUT2D eigenvalue weighted by Crippen LogP contribution is 2.69. The first kappa shape index (κ1) is 23.0. The molecule has 0 spiro atoms. The van der Waals surface area contributed by atoms with E-state index >= 15 is 0 Å². The third kappa shape index (κ3) is 2.90. The van der Waals surface area contributed by atoms with Crippen molar-refractivity contribution in [3.05, 3.63) is 98.6 Å². The molecule has 1 fully saturated rings. The molecular formula is C27H19Cl2IN2O3. The molecule has 0 saturated carbocycles. The fourth-order valence-corrected chi connectivity index (χ4v) is 7.42. The van der Waals surface area contributed by atoms with Crippen LogP contribution in [0.15, 0.2) is 72.8 Å². The molecule has 2 bridgehead atoms. The maximum absolute atomic E-state index is 13.9. The minimum absolute atomic E-state index is 0.457. The molecule has 7 rings (SSSR count). The van der Waals surface area contributed by atoms with Crippen molar-refractivity contribution in [3.8, 4) is 0 Å². The number of nitrogens with one attached hydrogen (secondary N) is 1. The van der Waals surface area contributed by atoms with E-state index in [1.54, 1.807) is 19.1 Å². The summed E-state index contributed by atoms with van der Waals surface area (Å²) in [5.41, 5.74) is 3.51. The Morgan fingerprint density at radius 2 is 1.23 bits per heavy atom. The number of hydrogen-bond acceptors (Lipinski definition) is 3. The van der Waals surface area contributed by atoms with Crippen molar-refractivity contribution < 1.29 is 14.4 Å². The molecule has 8 heteroatoms. The summed E-state index contributed by atoms with van der Waals surface area (Å²) in [5.74, 6) is -3.26. The van der Waals surface area contributed by atoms with Gasteiger partial charge in [-0.25, -0.2) is 0 Å². The summed E-state index contributed by atoms with van der Waals surface area (Å²) in [6, 6.07) is 21.2. The fraction of sp³-hybridized carbons (Fsp3) is 0.222. The number of alkyl halides is 2. The van der Waals surface area contributed by atoms with Crippen molar-refractivity contribution in [2.75, 3.05) is 5.32 Å². The number of likely N-dealkylation sites (tertiary alicyclic amines) is 1. The van der Waals surface area contributed by atoms with Gasteiger partial charge in [0.05, 0.1) is 11.8 Å². The second kappa shape index (κ2) is 7.79. The van der Waals surface area contributed by atoms with Gasteiger partial charge in [0.15, 0.2) is 0 Å². The van der Waals surface area contributed by atoms with Crippen LogP contribution in [0.25, 0.3) is 0 Å². The zero-order valence-corrected chi connectivity index (χ0v) is 22.1. The number of carbonyl (C=O) groups excluding carboxylic acids is 3. The van der Waals surface area contributed by atoms with Crippen LogP contribution >= 0.6 is 45.8 Å². The van der Waals surface area contributed by atoms with Gasteiger partial charge < -0.3 is 5.32 Å². The lowest BCUT2D eigenvalue weighted by molar-refractivity contribution is -0.146. The van der Waals surface area contributed by atoms with E-state index in [4.69, 9.17) is 23.2 Å². The second-order valence-electron chi connectivity index (χ2n) is 9.19. The largest absolute Gasteiger partial charge is 0.324 e. The molecule has 1 N–H and O–H groups in total. The zero-order chi connectivity index (χ0) is 24.7. The van der Waals surface area contributed by atoms with Crippen molar-refractivity contribution >= 4 is 69.2 Å². The molecule has 0 unspecified atom stereocenters. The van der Waals surface area contributed by atoms with Gasteiger partial charge in [-0.1, -0.05) is 48.5 Å². The molecule has 3 atom stereocenters. The van der Waals surface area contributed by atoms with Gasteiger partial charge in [-0.2, -0.15) is 0 Å². The van der Waals surface area contributed by atoms with E-state index in [9.17, 15) is 14.4 Å². The minimum atomic E-state index is -1.26. The van der Waals surface area contributed by atoms with E-state index in [-0.39, 0.29) is 0 Å². The molecule has 1 heterocycles. The Labute approximate surface area is 225 Å². The minimum Gasteiger partial charge on any atom is -0.324 e. The van der Waals surface area contributed by atoms with E-state index in [1.165, 1.54) is 0 Å². The van der Waals surface area contributed by atoms with Crippen LogP contribution in [0.1, 0.15) is 29.2 Å². The zero-order valence-electron chi connectivity index (χ0n) is 18.5. The number of carbonyl (C=O) groups is 3. The number of anilines is 1. The van der Waals surface area contributed by atoms with Crippen LogP contribution < -0.4 is 5.32 Å². The van der Waals surface area contributed by atoms with Crippen LogP contribution in [0.5, 0.6) is 0 Å². The molecule has 3 aromatic carbocycles. The van der Waals surface area contributed by atoms with Gasteiger partial charge in [0, 0.05) is 9.26 Å². The molecule has 4 aliphatic rings. The Morgan fingerprint density at radius 1 is 0.829 bits per heavy atom. The van der Waals surface area contributed by atoms with Crippen LogP contribution in [0.3, 0.4) is 0 Å². The number of rotatable bonds is 3. The van der Waals surface area contributed by atoms with Crippen LogP contribution in [0.4, 0.5) is 5.69 Å². The van der Waals surface area contributed by atoms with E-state index in [2.05, 4.69) is 27.9 Å². The van der Waals surface area contributed by atoms with Gasteiger partial charge in [0.1, 0.15) is 15.8 Å². The third-order valence-corrected chi connectivity index (χ3v) is 9.50. The molecule has 0 radical (unpaired) electrons. The maximum Gasteiger partial charge on any atom is 0.247 e. The van der Waals surface area contributed by atoms with Gasteiger partial charge in [0.25, 0.3) is 0 Å². The molecule has 0 aromatic heterocycles. The van der Waals surface area contributed by atoms with E-state index in [0.717, 1.165) is 30.7 Å². The molecule has 1 aliphatic heterocycles. The number of benzene rings is 3. The molecule has 5 nitrogen and oxygen atoms in total. The summed E-state index contributed by atoms with van der Waals surface area (Å²) < 4.78 is 1.03. The summed E-state index contributed by atoms with van der Waals surface area (Å²) in [4.78, 5) is 39.5. The lowest BCUT2D eigenvalue weighted by Gasteiger charge is -2.54. The summed E-state index contributed by atoms with van der Waals surface area (Å²) >= 11 is 17.0. The predicted molar refractivity (Wildman–Crippen MR) is 142 cm³/mol. The lowest BCUT2D eigenvalue weighted by Crippen LogP contribution is -2.57. The molecule has 3 aromatic rings. The van der Waals surface area contributed by atoms with E-state index in [0.29, 0.717) is 5.69 Å². The first-order chi connectivity index (χ1) is 16.7. The molecule has 3 amide bonds. The quantitative estimate of drug-likeness (QED) is 0.250. The smallest absolute Gasteiger partial charge is 0.247 e. The van der Waals surface area contributed by atoms with Gasteiger partial charge in [-0.3, -0.25) is 19.3 Å². The predicted octanol–water partition coefficient (Wildman–Crippen LogP) is 5.21. The monoisotopic (exact) mass is 616 g/mol. The van der Waals surface area contributed by atoms with Crippen molar-refractivity contribution in [1.82, 2.24) is 4.90 Å². The summed E-state index contributed by atoms with van der Waals surface area (Å²) in [6.45, 7) is 1.55. The van der Waals surface area contributed by atoms with Crippen molar-refractivity contribution in [3.63, 3.8) is 0 Å². The number of amides is 3. The van der Waals surface area contributed by atoms with Crippen LogP contribution in [0.2, 0.25) is 0 Å². The van der Waals surface area contributed by atoms with Gasteiger partial charge in [-0.05, 0) is 76.0 Å². The fourth-order valence-electron chi connectivity index (χ4n) is 5.97. The SMILES string of the molecule is C[C@H](C(=O)Nc1ccc(I)cc1)N1C(=O)[C@@H]2[C@@H](C1=O)C1(Cl)c3ccccc3C2(Cl)c2ccccc21. The molecular weight excluding hydrogens is 598 g/mol. The summed E-state index contributed by atoms with van der Waals surface area (Å²) in [5, 5.41) is 2.81. The first-order valence-electron chi connectivity index (χ1n) is 11.2. The Morgan fingerprint density at radius 3 is 1.63 bits per heavy atom. The second-order valence-corrected chi connectivity index (χ2v) is 11.6. The van der Waals surface area contributed by atoms with Crippen LogP contribution in [-0.2, 0) is 24.1 Å². The highest BCUT2D eigenvalue weighted by molar-refractivity contribution is 14.1. The van der Waals surface area contributed by atoms with Gasteiger partial charge in [0.2, 0.25) is 17.7 Å². The lowest BCUT2D eigenvalue weighted by atomic mass is 9.54. The highest BCUT2D eigenvalue weighted by Gasteiger charge is 2.73. The standard InChI is InChI=1S/C27H19Cl2IN2O3/c1-14(23(33)31-16-12-10-15(30)11-13-16)32-24(34)21-22(25(32)35)27(29)18-7-3-2-6-17(18)26(21,28)19-8-4-5-9-20(19)27/h2-14,21-22H,1H3,(H,31,33)/t14-,21+,22+,26?,27?/m1/s1. The summed E-state index contributed by atoms with van der Waals surface area (Å²) in [7, 11) is 0. The summed E-state index contributed by atoms with van der Waals surface area (Å²) in [6.07, 6.45) is 0. The average Bonchev–Trinajstić information content (AvgIpc) is 3.14. The Bertz CT molecular complexity index is 1300. The normalized spacial score (nSPS) is 28.9. The number of nitrogens with zero attached hydrogens (tertiary/aromatic N) is 1. The molecule has 35 heavy (non-hydrogen) atoms. The van der Waals surface area contributed by atoms with E-state index in [1.807, 2.05) is 60.7 Å².